The van der Waals surface area contributed by atoms with Crippen molar-refractivity contribution in [1.29, 1.82) is 5.26 Å². The van der Waals surface area contributed by atoms with Gasteiger partial charge in [-0.3, -0.25) is 4.79 Å². The van der Waals surface area contributed by atoms with E-state index in [1.54, 1.807) is 6.07 Å². The SMILES string of the molecule is N#Cc1c(F)cccc1-n1ccc(C(N)=O)n1. The molecule has 1 aromatic heterocycles. The Kier molecular flexibility index (Phi) is 2.58. The quantitative estimate of drug-likeness (QED) is 0.834. The van der Waals surface area contributed by atoms with Crippen LogP contribution in [0.15, 0.2) is 30.5 Å². The Morgan fingerprint density at radius 1 is 1.47 bits per heavy atom. The van der Waals surface area contributed by atoms with Gasteiger partial charge in [-0.05, 0) is 18.2 Å². The van der Waals surface area contributed by atoms with Crippen LogP contribution in [0.1, 0.15) is 16.1 Å². The van der Waals surface area contributed by atoms with Gasteiger partial charge in [0.05, 0.1) is 5.69 Å². The highest BCUT2D eigenvalue weighted by atomic mass is 19.1. The van der Waals surface area contributed by atoms with Gasteiger partial charge in [-0.2, -0.15) is 10.4 Å². The molecule has 2 rings (SSSR count). The fourth-order valence-electron chi connectivity index (χ4n) is 1.40. The number of aromatic nitrogens is 2. The van der Waals surface area contributed by atoms with Crippen molar-refractivity contribution < 1.29 is 9.18 Å². The monoisotopic (exact) mass is 230 g/mol. The number of nitrogens with two attached hydrogens (primary N) is 1. The summed E-state index contributed by atoms with van der Waals surface area (Å²) < 4.78 is 14.6. The molecule has 0 atom stereocenters. The number of primary amides is 1. The first-order valence-corrected chi connectivity index (χ1v) is 4.68. The summed E-state index contributed by atoms with van der Waals surface area (Å²) in [5.74, 6) is -1.32. The largest absolute Gasteiger partial charge is 0.364 e. The standard InChI is InChI=1S/C11H7FN4O/c12-8-2-1-3-10(7(8)6-13)16-5-4-9(15-16)11(14)17/h1-5H,(H2,14,17). The molecule has 0 spiro atoms. The fraction of sp³-hybridized carbons (Fsp3) is 0. The molecule has 1 heterocycles. The average Bonchev–Trinajstić information content (AvgIpc) is 2.77. The molecule has 1 amide bonds. The van der Waals surface area contributed by atoms with Crippen LogP contribution in [-0.4, -0.2) is 15.7 Å². The zero-order valence-corrected chi connectivity index (χ0v) is 8.59. The third-order valence-corrected chi connectivity index (χ3v) is 2.19. The van der Waals surface area contributed by atoms with Crippen LogP contribution in [0, 0.1) is 17.1 Å². The Balaban J connectivity index is 2.57. The molecule has 2 aromatic rings. The highest BCUT2D eigenvalue weighted by molar-refractivity contribution is 5.90. The third-order valence-electron chi connectivity index (χ3n) is 2.19. The van der Waals surface area contributed by atoms with Gasteiger partial charge in [0.1, 0.15) is 23.1 Å². The van der Waals surface area contributed by atoms with Crippen LogP contribution in [0.4, 0.5) is 4.39 Å². The number of rotatable bonds is 2. The summed E-state index contributed by atoms with van der Waals surface area (Å²) in [5.41, 5.74) is 5.24. The Bertz CT molecular complexity index is 627. The zero-order valence-electron chi connectivity index (χ0n) is 8.59. The van der Waals surface area contributed by atoms with Crippen molar-refractivity contribution in [3.63, 3.8) is 0 Å². The molecule has 84 valence electrons. The lowest BCUT2D eigenvalue weighted by atomic mass is 10.2. The molecule has 0 aliphatic rings. The van der Waals surface area contributed by atoms with Crippen molar-refractivity contribution >= 4 is 5.91 Å². The summed E-state index contributed by atoms with van der Waals surface area (Å²) in [6.07, 6.45) is 1.44. The lowest BCUT2D eigenvalue weighted by Gasteiger charge is -2.03. The molecule has 2 N–H and O–H groups in total. The minimum atomic E-state index is -0.682. The Morgan fingerprint density at radius 3 is 2.82 bits per heavy atom. The van der Waals surface area contributed by atoms with Gasteiger partial charge in [-0.1, -0.05) is 6.07 Å². The number of nitrogens with zero attached hydrogens (tertiary/aromatic N) is 3. The van der Waals surface area contributed by atoms with E-state index < -0.39 is 11.7 Å². The summed E-state index contributed by atoms with van der Waals surface area (Å²) >= 11 is 0. The molecular formula is C11H7FN4O. The first-order chi connectivity index (χ1) is 8.13. The van der Waals surface area contributed by atoms with Crippen molar-refractivity contribution in [3.05, 3.63) is 47.5 Å². The summed E-state index contributed by atoms with van der Waals surface area (Å²) in [7, 11) is 0. The van der Waals surface area contributed by atoms with Gasteiger partial charge in [0.25, 0.3) is 5.91 Å². The number of benzene rings is 1. The van der Waals surface area contributed by atoms with E-state index in [9.17, 15) is 9.18 Å². The number of hydrogen-bond donors (Lipinski definition) is 1. The number of carbonyl (C=O) groups is 1. The van der Waals surface area contributed by atoms with Crippen LogP contribution in [-0.2, 0) is 0 Å². The van der Waals surface area contributed by atoms with Crippen molar-refractivity contribution in [3.8, 4) is 11.8 Å². The van der Waals surface area contributed by atoms with Crippen LogP contribution < -0.4 is 5.73 Å². The van der Waals surface area contributed by atoms with E-state index in [0.29, 0.717) is 0 Å². The lowest BCUT2D eigenvalue weighted by molar-refractivity contribution is 0.0995. The van der Waals surface area contributed by atoms with Crippen LogP contribution in [0.2, 0.25) is 0 Å². The maximum atomic E-state index is 13.3. The smallest absolute Gasteiger partial charge is 0.269 e. The highest BCUT2D eigenvalue weighted by Crippen LogP contribution is 2.16. The maximum absolute atomic E-state index is 13.3. The number of hydrogen-bond acceptors (Lipinski definition) is 3. The Labute approximate surface area is 95.9 Å². The molecule has 0 aliphatic heterocycles. The number of nitriles is 1. The van der Waals surface area contributed by atoms with Gasteiger partial charge < -0.3 is 5.73 Å². The molecule has 0 bridgehead atoms. The predicted molar refractivity (Wildman–Crippen MR) is 56.8 cm³/mol. The molecule has 6 heteroatoms. The highest BCUT2D eigenvalue weighted by Gasteiger charge is 2.12. The molecular weight excluding hydrogens is 223 g/mol. The second-order valence-electron chi connectivity index (χ2n) is 3.26. The average molecular weight is 230 g/mol. The van der Waals surface area contributed by atoms with Crippen LogP contribution in [0.5, 0.6) is 0 Å². The van der Waals surface area contributed by atoms with E-state index in [0.717, 1.165) is 0 Å². The zero-order chi connectivity index (χ0) is 12.4. The topological polar surface area (TPSA) is 84.7 Å². The number of amides is 1. The van der Waals surface area contributed by atoms with Gasteiger partial charge in [-0.25, -0.2) is 9.07 Å². The fourth-order valence-corrected chi connectivity index (χ4v) is 1.40. The predicted octanol–water partition coefficient (Wildman–Crippen LogP) is 0.982. The molecule has 0 aliphatic carbocycles. The molecule has 1 aromatic carbocycles. The summed E-state index contributed by atoms with van der Waals surface area (Å²) in [6.45, 7) is 0. The van der Waals surface area contributed by atoms with Crippen LogP contribution in [0.25, 0.3) is 5.69 Å². The van der Waals surface area contributed by atoms with Crippen LogP contribution in [0.3, 0.4) is 0 Å². The first kappa shape index (κ1) is 10.8. The Morgan fingerprint density at radius 2 is 2.24 bits per heavy atom. The molecule has 0 unspecified atom stereocenters. The first-order valence-electron chi connectivity index (χ1n) is 4.68. The van der Waals surface area contributed by atoms with E-state index in [4.69, 9.17) is 11.0 Å². The summed E-state index contributed by atoms with van der Waals surface area (Å²) in [5, 5.41) is 12.7. The van der Waals surface area contributed by atoms with E-state index in [-0.39, 0.29) is 16.9 Å². The molecule has 0 radical (unpaired) electrons. The Hall–Kier alpha value is -2.68. The van der Waals surface area contributed by atoms with Crippen molar-refractivity contribution in [2.24, 2.45) is 5.73 Å². The van der Waals surface area contributed by atoms with Crippen LogP contribution >= 0.6 is 0 Å². The van der Waals surface area contributed by atoms with Gasteiger partial charge in [-0.15, -0.1) is 0 Å². The van der Waals surface area contributed by atoms with Crippen molar-refractivity contribution in [2.75, 3.05) is 0 Å². The molecule has 17 heavy (non-hydrogen) atoms. The number of carbonyl (C=O) groups excluding carboxylic acids is 1. The van der Waals surface area contributed by atoms with Crippen molar-refractivity contribution in [1.82, 2.24) is 9.78 Å². The maximum Gasteiger partial charge on any atom is 0.269 e. The molecule has 0 saturated heterocycles. The van der Waals surface area contributed by atoms with Crippen molar-refractivity contribution in [2.45, 2.75) is 0 Å². The van der Waals surface area contributed by atoms with Gasteiger partial charge in [0.15, 0.2) is 0 Å². The normalized spacial score (nSPS) is 9.88. The van der Waals surface area contributed by atoms with E-state index in [2.05, 4.69) is 5.10 Å². The third kappa shape index (κ3) is 1.86. The lowest BCUT2D eigenvalue weighted by Crippen LogP contribution is -2.12. The van der Waals surface area contributed by atoms with E-state index in [1.807, 2.05) is 0 Å². The second kappa shape index (κ2) is 4.06. The van der Waals surface area contributed by atoms with E-state index in [1.165, 1.54) is 35.1 Å². The molecule has 0 fully saturated rings. The minimum Gasteiger partial charge on any atom is -0.364 e. The van der Waals surface area contributed by atoms with Gasteiger partial charge in [0.2, 0.25) is 0 Å². The van der Waals surface area contributed by atoms with Gasteiger partial charge in [0, 0.05) is 6.20 Å². The summed E-state index contributed by atoms with van der Waals surface area (Å²) in [4.78, 5) is 10.9. The number of halogens is 1. The molecule has 0 saturated carbocycles. The molecule has 5 nitrogen and oxygen atoms in total. The summed E-state index contributed by atoms with van der Waals surface area (Å²) in [6, 6.07) is 7.31. The van der Waals surface area contributed by atoms with Gasteiger partial charge >= 0.3 is 0 Å². The minimum absolute atomic E-state index is 0.0538. The second-order valence-corrected chi connectivity index (χ2v) is 3.26. The van der Waals surface area contributed by atoms with E-state index >= 15 is 0 Å².